The van der Waals surface area contributed by atoms with E-state index < -0.39 is 0 Å². The predicted octanol–water partition coefficient (Wildman–Crippen LogP) is 3.77. The van der Waals surface area contributed by atoms with Crippen LogP contribution in [0.2, 0.25) is 0 Å². The maximum atomic E-state index is 13.3. The Kier molecular flexibility index (Phi) is 5.27. The van der Waals surface area contributed by atoms with E-state index in [1.54, 1.807) is 0 Å². The predicted molar refractivity (Wildman–Crippen MR) is 92.8 cm³/mol. The molecule has 0 spiro atoms. The van der Waals surface area contributed by atoms with Gasteiger partial charge in [-0.3, -0.25) is 4.90 Å². The van der Waals surface area contributed by atoms with E-state index in [1.165, 1.54) is 24.3 Å². The summed E-state index contributed by atoms with van der Waals surface area (Å²) in [5, 5.41) is 0. The van der Waals surface area contributed by atoms with Crippen molar-refractivity contribution in [3.8, 4) is 0 Å². The SMILES string of the molecule is CC1CC(CN)CN1CC(c1ccc(F)cc1)c1ccc(F)cc1. The number of rotatable bonds is 5. The molecule has 0 aromatic heterocycles. The second-order valence-corrected chi connectivity index (χ2v) is 6.80. The Labute approximate surface area is 142 Å². The highest BCUT2D eigenvalue weighted by Crippen LogP contribution is 2.30. The summed E-state index contributed by atoms with van der Waals surface area (Å²) in [6, 6.07) is 13.7. The average Bonchev–Trinajstić information content (AvgIpc) is 2.95. The third-order valence-corrected chi connectivity index (χ3v) is 5.09. The molecule has 3 rings (SSSR count). The molecule has 0 radical (unpaired) electrons. The van der Waals surface area contributed by atoms with E-state index in [1.807, 2.05) is 24.3 Å². The van der Waals surface area contributed by atoms with Crippen LogP contribution in [0.4, 0.5) is 8.78 Å². The molecule has 2 atom stereocenters. The van der Waals surface area contributed by atoms with Crippen molar-refractivity contribution < 1.29 is 8.78 Å². The van der Waals surface area contributed by atoms with Gasteiger partial charge in [-0.05, 0) is 61.2 Å². The molecule has 2 unspecified atom stereocenters. The summed E-state index contributed by atoms with van der Waals surface area (Å²) in [4.78, 5) is 2.44. The van der Waals surface area contributed by atoms with E-state index in [9.17, 15) is 8.78 Å². The molecule has 0 bridgehead atoms. The molecule has 1 saturated heterocycles. The van der Waals surface area contributed by atoms with Crippen LogP contribution in [-0.2, 0) is 0 Å². The number of likely N-dealkylation sites (tertiary alicyclic amines) is 1. The molecular formula is C20H24F2N2. The molecule has 0 aliphatic carbocycles. The van der Waals surface area contributed by atoms with Crippen LogP contribution in [0.15, 0.2) is 48.5 Å². The fourth-order valence-electron chi connectivity index (χ4n) is 3.67. The van der Waals surface area contributed by atoms with Crippen molar-refractivity contribution in [2.24, 2.45) is 11.7 Å². The lowest BCUT2D eigenvalue weighted by atomic mass is 9.90. The van der Waals surface area contributed by atoms with Crippen LogP contribution >= 0.6 is 0 Å². The minimum absolute atomic E-state index is 0.0881. The van der Waals surface area contributed by atoms with Gasteiger partial charge in [-0.2, -0.15) is 0 Å². The van der Waals surface area contributed by atoms with Gasteiger partial charge in [0, 0.05) is 25.0 Å². The lowest BCUT2D eigenvalue weighted by Crippen LogP contribution is -2.32. The number of hydrogen-bond donors (Lipinski definition) is 1. The van der Waals surface area contributed by atoms with Crippen molar-refractivity contribution in [3.63, 3.8) is 0 Å². The highest BCUT2D eigenvalue weighted by atomic mass is 19.1. The van der Waals surface area contributed by atoms with Gasteiger partial charge in [0.15, 0.2) is 0 Å². The number of nitrogens with zero attached hydrogens (tertiary/aromatic N) is 1. The third-order valence-electron chi connectivity index (χ3n) is 5.09. The van der Waals surface area contributed by atoms with Crippen molar-refractivity contribution >= 4 is 0 Å². The number of hydrogen-bond acceptors (Lipinski definition) is 2. The summed E-state index contributed by atoms with van der Waals surface area (Å²) < 4.78 is 26.6. The first-order chi connectivity index (χ1) is 11.6. The van der Waals surface area contributed by atoms with Crippen molar-refractivity contribution in [3.05, 3.63) is 71.3 Å². The Balaban J connectivity index is 1.87. The molecule has 1 heterocycles. The van der Waals surface area contributed by atoms with Gasteiger partial charge in [0.05, 0.1) is 0 Å². The van der Waals surface area contributed by atoms with Crippen LogP contribution in [-0.4, -0.2) is 30.6 Å². The molecule has 2 N–H and O–H groups in total. The Bertz CT molecular complexity index is 609. The smallest absolute Gasteiger partial charge is 0.123 e. The van der Waals surface area contributed by atoms with E-state index in [0.29, 0.717) is 18.5 Å². The molecule has 2 aromatic carbocycles. The summed E-state index contributed by atoms with van der Waals surface area (Å²) in [6.07, 6.45) is 1.11. The molecule has 0 amide bonds. The van der Waals surface area contributed by atoms with Gasteiger partial charge in [0.2, 0.25) is 0 Å². The fraction of sp³-hybridized carbons (Fsp3) is 0.400. The molecule has 0 saturated carbocycles. The average molecular weight is 330 g/mol. The molecule has 1 aliphatic heterocycles. The number of nitrogens with two attached hydrogens (primary N) is 1. The quantitative estimate of drug-likeness (QED) is 0.904. The van der Waals surface area contributed by atoms with Crippen LogP contribution in [0, 0.1) is 17.6 Å². The summed E-state index contributed by atoms with van der Waals surface area (Å²) in [7, 11) is 0. The standard InChI is InChI=1S/C20H24F2N2/c1-14-10-15(11-23)12-24(14)13-20(16-2-6-18(21)7-3-16)17-4-8-19(22)9-5-17/h2-9,14-15,20H,10-13,23H2,1H3. The lowest BCUT2D eigenvalue weighted by molar-refractivity contribution is 0.256. The molecule has 24 heavy (non-hydrogen) atoms. The molecule has 1 fully saturated rings. The fourth-order valence-corrected chi connectivity index (χ4v) is 3.67. The Morgan fingerprint density at radius 1 is 1.00 bits per heavy atom. The van der Waals surface area contributed by atoms with Crippen molar-refractivity contribution in [1.29, 1.82) is 0 Å². The summed E-state index contributed by atoms with van der Waals surface area (Å²) in [5.74, 6) is 0.135. The summed E-state index contributed by atoms with van der Waals surface area (Å²) in [6.45, 7) is 4.74. The van der Waals surface area contributed by atoms with Crippen LogP contribution in [0.5, 0.6) is 0 Å². The largest absolute Gasteiger partial charge is 0.330 e. The van der Waals surface area contributed by atoms with Crippen molar-refractivity contribution in [2.45, 2.75) is 25.3 Å². The summed E-state index contributed by atoms with van der Waals surface area (Å²) in [5.41, 5.74) is 7.93. The highest BCUT2D eigenvalue weighted by molar-refractivity contribution is 5.33. The maximum absolute atomic E-state index is 13.3. The van der Waals surface area contributed by atoms with Gasteiger partial charge in [0.1, 0.15) is 11.6 Å². The monoisotopic (exact) mass is 330 g/mol. The highest BCUT2D eigenvalue weighted by Gasteiger charge is 2.30. The van der Waals surface area contributed by atoms with Gasteiger partial charge < -0.3 is 5.73 Å². The molecule has 2 nitrogen and oxygen atoms in total. The second kappa shape index (κ2) is 7.41. The molecular weight excluding hydrogens is 306 g/mol. The van der Waals surface area contributed by atoms with E-state index >= 15 is 0 Å². The van der Waals surface area contributed by atoms with Gasteiger partial charge in [0.25, 0.3) is 0 Å². The van der Waals surface area contributed by atoms with E-state index in [-0.39, 0.29) is 17.6 Å². The number of halogens is 2. The zero-order valence-electron chi connectivity index (χ0n) is 14.0. The Morgan fingerprint density at radius 2 is 1.50 bits per heavy atom. The normalized spacial score (nSPS) is 21.5. The van der Waals surface area contributed by atoms with Crippen molar-refractivity contribution in [2.75, 3.05) is 19.6 Å². The first kappa shape index (κ1) is 17.1. The van der Waals surface area contributed by atoms with Gasteiger partial charge >= 0.3 is 0 Å². The van der Waals surface area contributed by atoms with Crippen molar-refractivity contribution in [1.82, 2.24) is 4.90 Å². The molecule has 2 aromatic rings. The minimum Gasteiger partial charge on any atom is -0.330 e. The van der Waals surface area contributed by atoms with Crippen LogP contribution in [0.25, 0.3) is 0 Å². The second-order valence-electron chi connectivity index (χ2n) is 6.80. The first-order valence-electron chi connectivity index (χ1n) is 8.52. The zero-order valence-corrected chi connectivity index (χ0v) is 14.0. The zero-order chi connectivity index (χ0) is 17.1. The van der Waals surface area contributed by atoms with Gasteiger partial charge in [-0.1, -0.05) is 24.3 Å². The first-order valence-corrected chi connectivity index (χ1v) is 8.52. The molecule has 4 heteroatoms. The minimum atomic E-state index is -0.241. The van der Waals surface area contributed by atoms with Gasteiger partial charge in [-0.15, -0.1) is 0 Å². The molecule has 128 valence electrons. The van der Waals surface area contributed by atoms with Crippen LogP contribution in [0.3, 0.4) is 0 Å². The molecule has 1 aliphatic rings. The van der Waals surface area contributed by atoms with Crippen LogP contribution in [0.1, 0.15) is 30.4 Å². The third kappa shape index (κ3) is 3.82. The maximum Gasteiger partial charge on any atom is 0.123 e. The Hall–Kier alpha value is -1.78. The number of benzene rings is 2. The van der Waals surface area contributed by atoms with Gasteiger partial charge in [-0.25, -0.2) is 8.78 Å². The summed E-state index contributed by atoms with van der Waals surface area (Å²) >= 11 is 0. The van der Waals surface area contributed by atoms with E-state index in [2.05, 4.69) is 11.8 Å². The topological polar surface area (TPSA) is 29.3 Å². The van der Waals surface area contributed by atoms with E-state index in [0.717, 1.165) is 30.6 Å². The van der Waals surface area contributed by atoms with E-state index in [4.69, 9.17) is 5.73 Å². The Morgan fingerprint density at radius 3 is 1.92 bits per heavy atom. The van der Waals surface area contributed by atoms with Crippen LogP contribution < -0.4 is 5.73 Å². The lowest BCUT2D eigenvalue weighted by Gasteiger charge is -2.28.